The molecule has 0 bridgehead atoms. The monoisotopic (exact) mass is 1090 g/mol. The molecule has 0 aromatic rings. The summed E-state index contributed by atoms with van der Waals surface area (Å²) in [5, 5.41) is 141. The van der Waals surface area contributed by atoms with Crippen LogP contribution >= 0.6 is 0 Å². The van der Waals surface area contributed by atoms with E-state index in [-0.39, 0.29) is 49.9 Å². The largest absolute Gasteiger partial charge is 0.461 e. The smallest absolute Gasteiger partial charge is 0.311 e. The molecule has 76 heavy (non-hydrogen) atoms. The van der Waals surface area contributed by atoms with Crippen molar-refractivity contribution < 1.29 is 85.4 Å². The van der Waals surface area contributed by atoms with Crippen molar-refractivity contribution in [2.24, 2.45) is 40.1 Å². The zero-order valence-electron chi connectivity index (χ0n) is 46.7. The fraction of sp³-hybridized carbons (Fsp3) is 0.893. The van der Waals surface area contributed by atoms with Gasteiger partial charge in [-0.1, -0.05) is 71.1 Å². The number of carbonyl (C=O) groups is 1. The topological polar surface area (TPSA) is 372 Å². The minimum Gasteiger partial charge on any atom is -0.461 e. The third kappa shape index (κ3) is 26.7. The second kappa shape index (κ2) is 37.5. The highest BCUT2D eigenvalue weighted by Gasteiger charge is 2.45. The fourth-order valence-corrected chi connectivity index (χ4v) is 10.5. The maximum Gasteiger partial charge on any atom is 0.311 e. The van der Waals surface area contributed by atoms with Crippen molar-refractivity contribution in [3.05, 3.63) is 23.3 Å². The van der Waals surface area contributed by atoms with Gasteiger partial charge in [-0.3, -0.25) is 9.79 Å². The van der Waals surface area contributed by atoms with Crippen molar-refractivity contribution >= 4 is 11.9 Å². The maximum absolute atomic E-state index is 14.3. The van der Waals surface area contributed by atoms with E-state index in [0.29, 0.717) is 108 Å². The maximum atomic E-state index is 14.3. The summed E-state index contributed by atoms with van der Waals surface area (Å²) in [6.45, 7) is 11.0. The molecule has 0 spiro atoms. The van der Waals surface area contributed by atoms with E-state index in [9.17, 15) is 71.2 Å². The van der Waals surface area contributed by atoms with Crippen molar-refractivity contribution in [2.45, 2.75) is 281 Å². The van der Waals surface area contributed by atoms with Crippen molar-refractivity contribution in [3.8, 4) is 0 Å². The predicted molar refractivity (Wildman–Crippen MR) is 289 cm³/mol. The SMILES string of the molecule is CCCCCC1C(=O)OC(C(C)C(O)CCCN=C(N)N)C(C)/C=C(\C)CCCCC(O)CC(O)CC(O)CC(O)CC(O)C(O[C@@H]2O[C@H](CO)[C@@H](O)[C@@H]2O)/C=C(\C)C(O)CCCC(O)CCCC(O)CCC(C)C1O. The van der Waals surface area contributed by atoms with Gasteiger partial charge in [-0.05, 0) is 134 Å². The Hall–Kier alpha value is -2.38. The molecule has 0 radical (unpaired) electrons. The van der Waals surface area contributed by atoms with E-state index in [0.717, 1.165) is 18.4 Å². The van der Waals surface area contributed by atoms with E-state index >= 15 is 0 Å². The second-order valence-corrected chi connectivity index (χ2v) is 22.6. The molecule has 2 rings (SSSR count). The van der Waals surface area contributed by atoms with Crippen LogP contribution in [-0.4, -0.2) is 189 Å². The summed E-state index contributed by atoms with van der Waals surface area (Å²) >= 11 is 0. The minimum atomic E-state index is -1.59. The molecule has 20 heteroatoms. The molecule has 1 saturated heterocycles. The van der Waals surface area contributed by atoms with Crippen LogP contribution in [0.25, 0.3) is 0 Å². The first kappa shape index (κ1) is 69.7. The number of nitrogens with two attached hydrogens (primary N) is 2. The average Bonchev–Trinajstić information content (AvgIpc) is 3.62. The number of aliphatic hydroxyl groups is 13. The van der Waals surface area contributed by atoms with Gasteiger partial charge < -0.3 is 92.1 Å². The number of carbonyl (C=O) groups excluding carboxylic acids is 1. The Morgan fingerprint density at radius 2 is 1.32 bits per heavy atom. The number of hydrogen-bond donors (Lipinski definition) is 15. The summed E-state index contributed by atoms with van der Waals surface area (Å²) in [5.74, 6) is -2.64. The van der Waals surface area contributed by atoms with Crippen molar-refractivity contribution in [3.63, 3.8) is 0 Å². The molecule has 0 amide bonds. The lowest BCUT2D eigenvalue weighted by Gasteiger charge is -2.34. The van der Waals surface area contributed by atoms with E-state index in [1.807, 2.05) is 33.8 Å². The molecule has 20 atom stereocenters. The van der Waals surface area contributed by atoms with Gasteiger partial charge in [-0.2, -0.15) is 0 Å². The number of hydrogen-bond acceptors (Lipinski definition) is 18. The molecule has 2 aliphatic heterocycles. The molecule has 446 valence electrons. The zero-order chi connectivity index (χ0) is 57.1. The third-order valence-corrected chi connectivity index (χ3v) is 15.5. The standard InChI is InChI=1S/C56H105N3O17/c1-7-8-9-20-44-50(70)34(3)23-24-39(62)18-12-17-38(61)19-13-21-45(67)35(4)27-48(74-55-52(72)51(71)49(32-60)75-55)47(69)31-43(66)30-42(65)29-41(64)28-40(63)16-11-10-15-33(2)26-36(5)53(76-54(44)73)37(6)46(68)22-14-25-59-56(57)58/h26-27,34,36-53,55,60-72H,7-25,28-32H2,1-6H3,(H4,57,58,59)/b33-26+,35-27+/t34?,36?,37?,38?,39?,40?,41?,42?,43?,44?,45?,46?,47?,48?,49-,50?,51-,52+,53?,55-/m1/s1. The van der Waals surface area contributed by atoms with Crippen molar-refractivity contribution in [1.82, 2.24) is 0 Å². The van der Waals surface area contributed by atoms with Crippen molar-refractivity contribution in [2.75, 3.05) is 13.2 Å². The quantitative estimate of drug-likeness (QED) is 0.0414. The van der Waals surface area contributed by atoms with Gasteiger partial charge in [0, 0.05) is 24.8 Å². The van der Waals surface area contributed by atoms with Crippen LogP contribution in [0.1, 0.15) is 183 Å². The number of aliphatic imine (C=N–C) groups is 1. The Balaban J connectivity index is 2.35. The highest BCUT2D eigenvalue weighted by atomic mass is 16.7. The highest BCUT2D eigenvalue weighted by Crippen LogP contribution is 2.32. The molecule has 0 aromatic heterocycles. The number of esters is 1. The molecular formula is C56H105N3O17. The predicted octanol–water partition coefficient (Wildman–Crippen LogP) is 2.64. The third-order valence-electron chi connectivity index (χ3n) is 15.5. The van der Waals surface area contributed by atoms with Crippen LogP contribution in [0.2, 0.25) is 0 Å². The minimum absolute atomic E-state index is 0.0264. The van der Waals surface area contributed by atoms with E-state index in [1.165, 1.54) is 6.08 Å². The molecule has 20 nitrogen and oxygen atoms in total. The second-order valence-electron chi connectivity index (χ2n) is 22.6. The van der Waals surface area contributed by atoms with E-state index < -0.39 is 122 Å². The molecule has 17 N–H and O–H groups in total. The van der Waals surface area contributed by atoms with Gasteiger partial charge in [0.15, 0.2) is 12.2 Å². The van der Waals surface area contributed by atoms with Gasteiger partial charge in [-0.15, -0.1) is 0 Å². The summed E-state index contributed by atoms with van der Waals surface area (Å²) < 4.78 is 17.7. The number of cyclic esters (lactones) is 1. The molecule has 0 saturated carbocycles. The number of nitrogens with zero attached hydrogens (tertiary/aromatic N) is 1. The van der Waals surface area contributed by atoms with Gasteiger partial charge in [0.05, 0.1) is 73.6 Å². The Morgan fingerprint density at radius 1 is 0.724 bits per heavy atom. The first-order valence-electron chi connectivity index (χ1n) is 28.6. The van der Waals surface area contributed by atoms with Gasteiger partial charge in [-0.25, -0.2) is 0 Å². The van der Waals surface area contributed by atoms with Crippen LogP contribution in [0, 0.1) is 23.7 Å². The zero-order valence-corrected chi connectivity index (χ0v) is 46.7. The van der Waals surface area contributed by atoms with Crippen LogP contribution < -0.4 is 11.5 Å². The van der Waals surface area contributed by atoms with Gasteiger partial charge in [0.1, 0.15) is 30.5 Å². The summed E-state index contributed by atoms with van der Waals surface area (Å²) in [6.07, 6.45) is -6.40. The molecule has 0 aromatic carbocycles. The first-order valence-corrected chi connectivity index (χ1v) is 28.6. The van der Waals surface area contributed by atoms with Gasteiger partial charge in [0.25, 0.3) is 0 Å². The number of unbranched alkanes of at least 4 members (excludes halogenated alkanes) is 2. The molecule has 1 fully saturated rings. The summed E-state index contributed by atoms with van der Waals surface area (Å²) in [5.41, 5.74) is 12.4. The lowest BCUT2D eigenvalue weighted by atomic mass is 9.83. The van der Waals surface area contributed by atoms with Crippen LogP contribution in [0.5, 0.6) is 0 Å². The summed E-state index contributed by atoms with van der Waals surface area (Å²) in [6, 6.07) is 0. The number of rotatable bonds is 13. The molecule has 2 heterocycles. The molecular weight excluding hydrogens is 987 g/mol. The molecule has 16 unspecified atom stereocenters. The number of aliphatic hydroxyl groups excluding tert-OH is 13. The van der Waals surface area contributed by atoms with E-state index in [1.54, 1.807) is 6.92 Å². The fourth-order valence-electron chi connectivity index (χ4n) is 10.5. The summed E-state index contributed by atoms with van der Waals surface area (Å²) in [7, 11) is 0. The van der Waals surface area contributed by atoms with Crippen molar-refractivity contribution in [1.29, 1.82) is 0 Å². The van der Waals surface area contributed by atoms with Gasteiger partial charge in [0.2, 0.25) is 0 Å². The number of ether oxygens (including phenoxy) is 3. The highest BCUT2D eigenvalue weighted by molar-refractivity contribution is 5.75. The molecule has 2 aliphatic rings. The average molecular weight is 1090 g/mol. The van der Waals surface area contributed by atoms with E-state index in [2.05, 4.69) is 11.9 Å². The van der Waals surface area contributed by atoms with E-state index in [4.69, 9.17) is 25.7 Å². The normalized spacial score (nSPS) is 38.4. The molecule has 0 aliphatic carbocycles. The number of allylic oxidation sites excluding steroid dienone is 1. The van der Waals surface area contributed by atoms with Gasteiger partial charge >= 0.3 is 5.97 Å². The Bertz CT molecular complexity index is 1660. The lowest BCUT2D eigenvalue weighted by molar-refractivity contribution is -0.202. The van der Waals surface area contributed by atoms with Crippen LogP contribution in [0.15, 0.2) is 28.3 Å². The van der Waals surface area contributed by atoms with Crippen LogP contribution in [0.3, 0.4) is 0 Å². The van der Waals surface area contributed by atoms with Crippen LogP contribution in [0.4, 0.5) is 0 Å². The first-order chi connectivity index (χ1) is 35.9. The Morgan fingerprint density at radius 3 is 1.92 bits per heavy atom. The Kier molecular flexibility index (Phi) is 34.4. The van der Waals surface area contributed by atoms with Crippen LogP contribution in [-0.2, 0) is 19.0 Å². The Labute approximate surface area is 453 Å². The summed E-state index contributed by atoms with van der Waals surface area (Å²) in [4.78, 5) is 18.3. The number of guanidine groups is 1. The lowest BCUT2D eigenvalue weighted by Crippen LogP contribution is -2.42.